The molecule has 2 aromatic rings. The van der Waals surface area contributed by atoms with Gasteiger partial charge in [0.1, 0.15) is 0 Å². The summed E-state index contributed by atoms with van der Waals surface area (Å²) in [4.78, 5) is 0. The molecule has 0 amide bonds. The number of hydrogen-bond acceptors (Lipinski definition) is 5. The van der Waals surface area contributed by atoms with Gasteiger partial charge in [0.2, 0.25) is 8.32 Å². The van der Waals surface area contributed by atoms with Gasteiger partial charge in [-0.3, -0.25) is 0 Å². The van der Waals surface area contributed by atoms with Crippen molar-refractivity contribution >= 4 is 8.32 Å². The fourth-order valence-corrected chi connectivity index (χ4v) is 12.6. The summed E-state index contributed by atoms with van der Waals surface area (Å²) in [7, 11) is -2.20. The van der Waals surface area contributed by atoms with Crippen LogP contribution in [0.2, 0.25) is 16.6 Å². The summed E-state index contributed by atoms with van der Waals surface area (Å²) in [5.74, 6) is -0.0156. The highest BCUT2D eigenvalue weighted by atomic mass is 28.4. The van der Waals surface area contributed by atoms with E-state index >= 15 is 0 Å². The minimum Gasteiger partial charge on any atom is -0.413 e. The number of hydrogen-bond donors (Lipinski definition) is 1. The molecule has 0 saturated carbocycles. The quantitative estimate of drug-likeness (QED) is 0.135. The van der Waals surface area contributed by atoms with Gasteiger partial charge in [0.05, 0.1) is 50.3 Å². The normalized spacial score (nSPS) is 21.7. The molecule has 0 unspecified atom stereocenters. The molecule has 1 heterocycles. The van der Waals surface area contributed by atoms with Crippen LogP contribution in [0.4, 0.5) is 0 Å². The summed E-state index contributed by atoms with van der Waals surface area (Å²) < 4.78 is 26.3. The summed E-state index contributed by atoms with van der Waals surface area (Å²) in [6.07, 6.45) is 4.14. The lowest BCUT2D eigenvalue weighted by atomic mass is 9.93. The third kappa shape index (κ3) is 10.7. The van der Waals surface area contributed by atoms with Crippen molar-refractivity contribution in [2.24, 2.45) is 5.92 Å². The van der Waals surface area contributed by atoms with Crippen molar-refractivity contribution in [3.63, 3.8) is 0 Å². The van der Waals surface area contributed by atoms with E-state index in [2.05, 4.69) is 79.3 Å². The van der Waals surface area contributed by atoms with E-state index in [1.807, 2.05) is 42.5 Å². The van der Waals surface area contributed by atoms with E-state index in [4.69, 9.17) is 18.6 Å². The van der Waals surface area contributed by atoms with Crippen molar-refractivity contribution in [3.8, 4) is 0 Å². The SMILES string of the molecule is C=C[C@H]1C[C@H](OCc2ccccc2)C[C@@H](C[C@H](C[C@@H](O)[C@@H](C)COCc2ccccc2)O[Si](C(C)C)(C(C)C)C(C)C)O1. The number of ether oxygens (including phenoxy) is 3. The van der Waals surface area contributed by atoms with Crippen LogP contribution in [0, 0.1) is 5.92 Å². The minimum absolute atomic E-state index is 0.0156. The summed E-state index contributed by atoms with van der Waals surface area (Å²) in [6, 6.07) is 20.5. The minimum atomic E-state index is -2.20. The summed E-state index contributed by atoms with van der Waals surface area (Å²) in [5.41, 5.74) is 3.68. The van der Waals surface area contributed by atoms with E-state index in [9.17, 15) is 5.11 Å². The Kier molecular flexibility index (Phi) is 14.6. The first-order valence-electron chi connectivity index (χ1n) is 16.5. The van der Waals surface area contributed by atoms with E-state index in [0.29, 0.717) is 42.9 Å². The van der Waals surface area contributed by atoms with Gasteiger partial charge in [0, 0.05) is 18.8 Å². The van der Waals surface area contributed by atoms with Crippen molar-refractivity contribution in [1.29, 1.82) is 0 Å². The molecule has 0 aromatic heterocycles. The highest BCUT2D eigenvalue weighted by Gasteiger charge is 2.47. The maximum atomic E-state index is 11.5. The second-order valence-corrected chi connectivity index (χ2v) is 18.9. The average Bonchev–Trinajstić information content (AvgIpc) is 2.99. The first-order chi connectivity index (χ1) is 20.5. The van der Waals surface area contributed by atoms with Gasteiger partial charge in [0.25, 0.3) is 0 Å². The van der Waals surface area contributed by atoms with Gasteiger partial charge in [-0.1, -0.05) is 115 Å². The predicted molar refractivity (Wildman–Crippen MR) is 180 cm³/mol. The molecule has 6 heteroatoms. The topological polar surface area (TPSA) is 57.2 Å². The molecular weight excluding hydrogens is 552 g/mol. The molecule has 0 bridgehead atoms. The summed E-state index contributed by atoms with van der Waals surface area (Å²) in [5, 5.41) is 11.5. The number of benzene rings is 2. The zero-order valence-corrected chi connectivity index (χ0v) is 28.8. The van der Waals surface area contributed by atoms with E-state index in [0.717, 1.165) is 24.8 Å². The lowest BCUT2D eigenvalue weighted by Gasteiger charge is -2.46. The third-order valence-electron chi connectivity index (χ3n) is 9.24. The van der Waals surface area contributed by atoms with Crippen LogP contribution in [-0.2, 0) is 31.9 Å². The zero-order valence-electron chi connectivity index (χ0n) is 27.8. The molecule has 3 rings (SSSR count). The molecule has 0 spiro atoms. The maximum absolute atomic E-state index is 11.5. The Bertz CT molecular complexity index is 1020. The molecule has 1 aliphatic rings. The summed E-state index contributed by atoms with van der Waals surface area (Å²) in [6.45, 7) is 21.7. The first-order valence-corrected chi connectivity index (χ1v) is 18.6. The summed E-state index contributed by atoms with van der Waals surface area (Å²) >= 11 is 0. The Balaban J connectivity index is 1.73. The van der Waals surface area contributed by atoms with Gasteiger partial charge in [0.15, 0.2) is 0 Å². The Morgan fingerprint density at radius 2 is 1.42 bits per heavy atom. The highest BCUT2D eigenvalue weighted by molar-refractivity contribution is 6.77. The predicted octanol–water partition coefficient (Wildman–Crippen LogP) is 8.86. The molecule has 240 valence electrons. The molecule has 0 aliphatic carbocycles. The Hall–Kier alpha value is -1.80. The fraction of sp³-hybridized carbons (Fsp3) is 0.622. The molecule has 0 radical (unpaired) electrons. The van der Waals surface area contributed by atoms with Crippen LogP contribution in [-0.4, -0.2) is 50.6 Å². The second-order valence-electron chi connectivity index (χ2n) is 13.5. The van der Waals surface area contributed by atoms with Crippen molar-refractivity contribution in [1.82, 2.24) is 0 Å². The number of rotatable bonds is 18. The monoisotopic (exact) mass is 610 g/mol. The molecule has 2 aromatic carbocycles. The van der Waals surface area contributed by atoms with Gasteiger partial charge in [-0.15, -0.1) is 6.58 Å². The molecule has 1 aliphatic heterocycles. The van der Waals surface area contributed by atoms with Crippen LogP contribution >= 0.6 is 0 Å². The van der Waals surface area contributed by atoms with E-state index in [1.165, 1.54) is 5.56 Å². The standard InChI is InChI=1S/C37H58O5Si/c1-9-33-20-34(40-26-32-18-14-11-15-19-32)21-35(41-33)22-36(42-43(27(2)3,28(4)5)29(6)7)23-37(38)30(8)24-39-25-31-16-12-10-13-17-31/h9-19,27-30,33-38H,1,20-26H2,2-8H3/t30-,33-,34-,35-,36+,37+/m0/s1. The maximum Gasteiger partial charge on any atom is 0.200 e. The van der Waals surface area contributed by atoms with Crippen LogP contribution in [0.15, 0.2) is 73.3 Å². The fourth-order valence-electron chi connectivity index (χ4n) is 6.97. The first kappa shape index (κ1) is 35.7. The van der Waals surface area contributed by atoms with E-state index in [-0.39, 0.29) is 30.3 Å². The lowest BCUT2D eigenvalue weighted by molar-refractivity contribution is -0.115. The molecule has 5 nitrogen and oxygen atoms in total. The number of aliphatic hydroxyl groups excluding tert-OH is 1. The molecule has 1 fully saturated rings. The molecule has 1 N–H and O–H groups in total. The highest BCUT2D eigenvalue weighted by Crippen LogP contribution is 2.44. The number of aliphatic hydroxyl groups is 1. The van der Waals surface area contributed by atoms with Crippen LogP contribution < -0.4 is 0 Å². The Morgan fingerprint density at radius 3 is 1.95 bits per heavy atom. The Labute approximate surface area is 263 Å². The van der Waals surface area contributed by atoms with Crippen LogP contribution in [0.5, 0.6) is 0 Å². The van der Waals surface area contributed by atoms with Gasteiger partial charge in [-0.2, -0.15) is 0 Å². The van der Waals surface area contributed by atoms with Crippen molar-refractivity contribution in [2.75, 3.05) is 6.61 Å². The second kappa shape index (κ2) is 17.6. The van der Waals surface area contributed by atoms with Crippen LogP contribution in [0.1, 0.15) is 85.3 Å². The third-order valence-corrected chi connectivity index (χ3v) is 15.4. The Morgan fingerprint density at radius 1 is 0.860 bits per heavy atom. The zero-order chi connectivity index (χ0) is 31.4. The van der Waals surface area contributed by atoms with E-state index < -0.39 is 14.4 Å². The van der Waals surface area contributed by atoms with Gasteiger partial charge in [-0.25, -0.2) is 0 Å². The van der Waals surface area contributed by atoms with Crippen molar-refractivity contribution in [3.05, 3.63) is 84.4 Å². The van der Waals surface area contributed by atoms with Gasteiger partial charge >= 0.3 is 0 Å². The van der Waals surface area contributed by atoms with Crippen LogP contribution in [0.25, 0.3) is 0 Å². The van der Waals surface area contributed by atoms with Gasteiger partial charge in [-0.05, 0) is 40.6 Å². The molecule has 1 saturated heterocycles. The van der Waals surface area contributed by atoms with Gasteiger partial charge < -0.3 is 23.7 Å². The molecular formula is C37H58O5Si. The van der Waals surface area contributed by atoms with E-state index in [1.54, 1.807) is 0 Å². The smallest absolute Gasteiger partial charge is 0.200 e. The molecule has 6 atom stereocenters. The molecule has 43 heavy (non-hydrogen) atoms. The largest absolute Gasteiger partial charge is 0.413 e. The lowest BCUT2D eigenvalue weighted by Crippen LogP contribution is -2.51. The average molecular weight is 611 g/mol. The van der Waals surface area contributed by atoms with Crippen molar-refractivity contribution < 1.29 is 23.7 Å². The van der Waals surface area contributed by atoms with Crippen LogP contribution in [0.3, 0.4) is 0 Å². The van der Waals surface area contributed by atoms with Crippen molar-refractivity contribution in [2.45, 2.75) is 135 Å².